The molecule has 0 aromatic heterocycles. The van der Waals surface area contributed by atoms with Gasteiger partial charge in [-0.2, -0.15) is 0 Å². The molecule has 3 aliphatic rings. The molecule has 0 spiro atoms. The number of rotatable bonds is 14. The van der Waals surface area contributed by atoms with Gasteiger partial charge in [0.1, 0.15) is 0 Å². The Morgan fingerprint density at radius 3 is 0.928 bits per heavy atom. The van der Waals surface area contributed by atoms with Gasteiger partial charge in [0.05, 0.1) is 27.6 Å². The average molecular weight is 1470 g/mol. The Morgan fingerprint density at radius 2 is 0.523 bits per heavy atom. The Morgan fingerprint density at radius 1 is 0.225 bits per heavy atom. The van der Waals surface area contributed by atoms with Crippen molar-refractivity contribution in [1.29, 1.82) is 0 Å². The van der Waals surface area contributed by atoms with Crippen molar-refractivity contribution < 1.29 is 43.9 Å². The van der Waals surface area contributed by atoms with Gasteiger partial charge in [-0.1, -0.05) is 280 Å². The second kappa shape index (κ2) is 25.8. The molecule has 19 rings (SSSR count). The molecule has 111 heavy (non-hydrogen) atoms. The zero-order valence-corrected chi connectivity index (χ0v) is 58.8. The third kappa shape index (κ3) is 9.65. The zero-order chi connectivity index (χ0) is 75.9. The number of hydrogen-bond acceptors (Lipinski definition) is 2. The number of anilines is 6. The second-order valence-corrected chi connectivity index (χ2v) is 28.2. The van der Waals surface area contributed by atoms with Gasteiger partial charge in [-0.3, -0.25) is 0 Å². The number of fused-ring (bicyclic) bond motifs is 11. The highest BCUT2D eigenvalue weighted by atomic mass is 19.2. The topological polar surface area (TPSA) is 6.48 Å². The minimum absolute atomic E-state index is 0.230. The summed E-state index contributed by atoms with van der Waals surface area (Å²) in [7, 11) is 0. The summed E-state index contributed by atoms with van der Waals surface area (Å²) in [5.41, 5.74) is 6.02. The van der Waals surface area contributed by atoms with E-state index in [-0.39, 0.29) is 22.3 Å². The molecule has 16 aromatic rings. The van der Waals surface area contributed by atoms with Crippen LogP contribution in [0.1, 0.15) is 77.9 Å². The highest BCUT2D eigenvalue weighted by Crippen LogP contribution is 2.63. The highest BCUT2D eigenvalue weighted by Gasteiger charge is 2.54. The predicted octanol–water partition coefficient (Wildman–Crippen LogP) is 26.7. The van der Waals surface area contributed by atoms with Crippen molar-refractivity contribution in [3.05, 3.63) is 465 Å². The van der Waals surface area contributed by atoms with E-state index in [4.69, 9.17) is 0 Å². The zero-order valence-electron chi connectivity index (χ0n) is 58.8. The standard InChI is InChI=1S/C99H58F10N2/c1-3-57-39-43-62(44-40-57)98(85-87(100)91(104)95(108)92(105)88(85)101)78-35-16-13-32-72(78)75-51-48-67(55-81(75)98)110(83-37-18-23-59-21-8-10-29-69(59)83)65-28-20-27-64(53-65)97(61-25-6-5-7-26-61)77-34-15-12-31-71(77)74-50-47-66(54-80(74)97)111(84-38-19-24-60-22-9-11-30-70(60)84)68-49-52-76-73-33-14-17-36-79(73)99(82(76)56-68,63-45-41-58(4-2)42-46-63)86-89(102)93(106)96(109)94(107)90(86)103/h3-56H,1-2H2. The predicted molar refractivity (Wildman–Crippen MR) is 422 cm³/mol. The lowest BCUT2D eigenvalue weighted by molar-refractivity contribution is 0.363. The summed E-state index contributed by atoms with van der Waals surface area (Å²) in [5.74, 6) is -20.8. The van der Waals surface area contributed by atoms with Crippen LogP contribution in [0, 0.1) is 58.2 Å². The monoisotopic (exact) mass is 1460 g/mol. The van der Waals surface area contributed by atoms with Gasteiger partial charge in [0.2, 0.25) is 11.6 Å². The van der Waals surface area contributed by atoms with Crippen LogP contribution in [-0.2, 0) is 16.2 Å². The van der Waals surface area contributed by atoms with Crippen LogP contribution in [0.4, 0.5) is 78.0 Å². The Balaban J connectivity index is 0.867. The fourth-order valence-corrected chi connectivity index (χ4v) is 18.3. The molecule has 2 nitrogen and oxygen atoms in total. The Labute approximate surface area is 632 Å². The van der Waals surface area contributed by atoms with Crippen molar-refractivity contribution in [2.75, 3.05) is 9.80 Å². The lowest BCUT2D eigenvalue weighted by atomic mass is 9.67. The summed E-state index contributed by atoms with van der Waals surface area (Å²) in [4.78, 5) is 4.13. The summed E-state index contributed by atoms with van der Waals surface area (Å²) in [5, 5.41) is 3.39. The first-order chi connectivity index (χ1) is 54.1. The van der Waals surface area contributed by atoms with Gasteiger partial charge in [0.25, 0.3) is 0 Å². The summed E-state index contributed by atoms with van der Waals surface area (Å²) in [6.07, 6.45) is 3.19. The molecular formula is C99H58F10N2. The van der Waals surface area contributed by atoms with E-state index in [9.17, 15) is 0 Å². The molecule has 0 bridgehead atoms. The number of nitrogens with zero attached hydrogens (tertiary/aromatic N) is 2. The maximum atomic E-state index is 17.5. The van der Waals surface area contributed by atoms with Gasteiger partial charge in [-0.15, -0.1) is 0 Å². The summed E-state index contributed by atoms with van der Waals surface area (Å²) >= 11 is 0. The first-order valence-corrected chi connectivity index (χ1v) is 36.1. The number of halogens is 10. The smallest absolute Gasteiger partial charge is 0.200 e. The van der Waals surface area contributed by atoms with E-state index in [0.717, 1.165) is 54.9 Å². The molecule has 0 saturated heterocycles. The van der Waals surface area contributed by atoms with Crippen molar-refractivity contribution in [1.82, 2.24) is 0 Å². The molecule has 3 unspecified atom stereocenters. The number of hydrogen-bond donors (Lipinski definition) is 0. The minimum atomic E-state index is -2.28. The van der Waals surface area contributed by atoms with Crippen molar-refractivity contribution in [3.8, 4) is 33.4 Å². The maximum absolute atomic E-state index is 17.5. The van der Waals surface area contributed by atoms with Crippen molar-refractivity contribution >= 4 is 67.8 Å². The van der Waals surface area contributed by atoms with E-state index in [2.05, 4.69) is 71.5 Å². The lowest BCUT2D eigenvalue weighted by Gasteiger charge is -2.37. The molecular weight excluding hydrogens is 1410 g/mol. The molecule has 0 saturated carbocycles. The van der Waals surface area contributed by atoms with Crippen LogP contribution in [0.3, 0.4) is 0 Å². The van der Waals surface area contributed by atoms with Crippen molar-refractivity contribution in [3.63, 3.8) is 0 Å². The van der Waals surface area contributed by atoms with E-state index < -0.39 is 85.5 Å². The molecule has 0 radical (unpaired) electrons. The Bertz CT molecular complexity index is 6540. The van der Waals surface area contributed by atoms with E-state index in [0.29, 0.717) is 78.6 Å². The second-order valence-electron chi connectivity index (χ2n) is 28.2. The van der Waals surface area contributed by atoms with Crippen LogP contribution in [-0.4, -0.2) is 0 Å². The maximum Gasteiger partial charge on any atom is 0.200 e. The molecule has 3 atom stereocenters. The summed E-state index contributed by atoms with van der Waals surface area (Å²) < 4.78 is 166. The first-order valence-electron chi connectivity index (χ1n) is 36.1. The van der Waals surface area contributed by atoms with Crippen LogP contribution in [0.2, 0.25) is 0 Å². The summed E-state index contributed by atoms with van der Waals surface area (Å²) in [6.45, 7) is 7.86. The van der Waals surface area contributed by atoms with Crippen LogP contribution in [0.15, 0.2) is 329 Å². The molecule has 0 heterocycles. The fraction of sp³-hybridized carbons (Fsp3) is 0.0303. The molecule has 0 fully saturated rings. The average Bonchev–Trinajstić information content (AvgIpc) is 1.56. The van der Waals surface area contributed by atoms with Crippen LogP contribution >= 0.6 is 0 Å². The molecule has 3 aliphatic carbocycles. The first kappa shape index (κ1) is 68.0. The molecule has 16 aromatic carbocycles. The van der Waals surface area contributed by atoms with Gasteiger partial charge >= 0.3 is 0 Å². The van der Waals surface area contributed by atoms with Crippen LogP contribution in [0.5, 0.6) is 0 Å². The molecule has 534 valence electrons. The molecule has 0 aliphatic heterocycles. The highest BCUT2D eigenvalue weighted by molar-refractivity contribution is 6.03. The lowest BCUT2D eigenvalue weighted by Crippen LogP contribution is -2.33. The Kier molecular flexibility index (Phi) is 15.8. The summed E-state index contributed by atoms with van der Waals surface area (Å²) in [6, 6.07) is 98.6. The SMILES string of the molecule is C=Cc1ccc(C2(c3c(F)c(F)c(F)c(F)c3F)c3ccccc3-c3ccc(N(c4cccc(C5(c6ccccc6)c6ccccc6-c6ccc(N(c7ccc8c(c7)C(c7ccc(C=C)cc7)(c7c(F)c(F)c(F)c(F)c7F)c7ccccc7-8)c7cccc8ccccc78)cc65)c4)c4cccc5ccccc45)cc32)cc1. The third-order valence-corrected chi connectivity index (χ3v) is 22.9. The molecule has 12 heteroatoms. The normalized spacial score (nSPS) is 16.2. The number of benzene rings is 16. The van der Waals surface area contributed by atoms with Gasteiger partial charge < -0.3 is 9.80 Å². The Hall–Kier alpha value is -13.6. The van der Waals surface area contributed by atoms with Gasteiger partial charge in [-0.25, -0.2) is 43.9 Å². The van der Waals surface area contributed by atoms with E-state index >= 15 is 43.9 Å². The van der Waals surface area contributed by atoms with Gasteiger partial charge in [0, 0.05) is 44.6 Å². The van der Waals surface area contributed by atoms with Gasteiger partial charge in [0.15, 0.2) is 46.5 Å². The van der Waals surface area contributed by atoms with Crippen molar-refractivity contribution in [2.24, 2.45) is 0 Å². The minimum Gasteiger partial charge on any atom is -0.310 e. The largest absolute Gasteiger partial charge is 0.310 e. The van der Waals surface area contributed by atoms with Crippen LogP contribution in [0.25, 0.3) is 67.1 Å². The van der Waals surface area contributed by atoms with Crippen molar-refractivity contribution in [2.45, 2.75) is 16.2 Å². The third-order valence-electron chi connectivity index (χ3n) is 22.9. The fourth-order valence-electron chi connectivity index (χ4n) is 18.3. The van der Waals surface area contributed by atoms with E-state index in [1.54, 1.807) is 121 Å². The van der Waals surface area contributed by atoms with Crippen LogP contribution < -0.4 is 9.80 Å². The van der Waals surface area contributed by atoms with Gasteiger partial charge in [-0.05, 0) is 172 Å². The van der Waals surface area contributed by atoms with E-state index in [1.165, 1.54) is 0 Å². The quantitative estimate of drug-likeness (QED) is 0.0608. The molecule has 0 N–H and O–H groups in total. The van der Waals surface area contributed by atoms with E-state index in [1.807, 2.05) is 158 Å². The molecule has 0 amide bonds.